The van der Waals surface area contributed by atoms with Crippen LogP contribution in [-0.2, 0) is 6.54 Å². The maximum atomic E-state index is 12.8. The lowest BCUT2D eigenvalue weighted by molar-refractivity contribution is 0.0943. The first kappa shape index (κ1) is 19.4. The molecule has 1 aromatic carbocycles. The molecule has 8 nitrogen and oxygen atoms in total. The first-order chi connectivity index (χ1) is 14.0. The SMILES string of the molecule is COc1ccc(CNC(=O)c2cc(=O)nc3sc(N4CCC(C)CC4)nn23)cc1. The minimum atomic E-state index is -0.443. The average molecular weight is 414 g/mol. The summed E-state index contributed by atoms with van der Waals surface area (Å²) in [6, 6.07) is 8.67. The third-order valence-corrected chi connectivity index (χ3v) is 6.11. The molecule has 0 saturated carbocycles. The number of amides is 1. The lowest BCUT2D eigenvalue weighted by atomic mass is 10.00. The largest absolute Gasteiger partial charge is 0.497 e. The monoisotopic (exact) mass is 413 g/mol. The fraction of sp³-hybridized carbons (Fsp3) is 0.400. The normalized spacial score (nSPS) is 14.9. The number of anilines is 1. The third kappa shape index (κ3) is 4.24. The van der Waals surface area contributed by atoms with Gasteiger partial charge in [-0.05, 0) is 36.5 Å². The molecule has 0 spiro atoms. The van der Waals surface area contributed by atoms with E-state index < -0.39 is 5.56 Å². The number of piperidine rings is 1. The Morgan fingerprint density at radius 3 is 2.69 bits per heavy atom. The zero-order chi connectivity index (χ0) is 20.4. The second-order valence-corrected chi connectivity index (χ2v) is 8.19. The summed E-state index contributed by atoms with van der Waals surface area (Å²) in [4.78, 5) is 31.5. The molecule has 1 aliphatic heterocycles. The summed E-state index contributed by atoms with van der Waals surface area (Å²) < 4.78 is 6.62. The highest BCUT2D eigenvalue weighted by molar-refractivity contribution is 7.20. The van der Waals surface area contributed by atoms with Crippen LogP contribution in [0.15, 0.2) is 35.1 Å². The van der Waals surface area contributed by atoms with E-state index >= 15 is 0 Å². The lowest BCUT2D eigenvalue weighted by Gasteiger charge is -2.29. The van der Waals surface area contributed by atoms with Crippen molar-refractivity contribution in [1.29, 1.82) is 0 Å². The average Bonchev–Trinajstić information content (AvgIpc) is 3.16. The number of methoxy groups -OCH3 is 1. The van der Waals surface area contributed by atoms with E-state index in [4.69, 9.17) is 4.74 Å². The Labute approximate surface area is 172 Å². The molecule has 0 aliphatic carbocycles. The molecule has 1 saturated heterocycles. The zero-order valence-corrected chi connectivity index (χ0v) is 17.2. The highest BCUT2D eigenvalue weighted by Crippen LogP contribution is 2.27. The first-order valence-electron chi connectivity index (χ1n) is 9.60. The van der Waals surface area contributed by atoms with Crippen LogP contribution in [0.4, 0.5) is 5.13 Å². The zero-order valence-electron chi connectivity index (χ0n) is 16.4. The molecule has 3 aromatic rings. The van der Waals surface area contributed by atoms with Gasteiger partial charge in [0.05, 0.1) is 7.11 Å². The van der Waals surface area contributed by atoms with Crippen LogP contribution in [0.1, 0.15) is 35.8 Å². The number of benzene rings is 1. The van der Waals surface area contributed by atoms with Crippen molar-refractivity contribution in [3.05, 3.63) is 51.9 Å². The van der Waals surface area contributed by atoms with Gasteiger partial charge in [-0.15, -0.1) is 5.10 Å². The number of nitrogens with one attached hydrogen (secondary N) is 1. The van der Waals surface area contributed by atoms with Crippen molar-refractivity contribution in [2.45, 2.75) is 26.3 Å². The summed E-state index contributed by atoms with van der Waals surface area (Å²) in [5.74, 6) is 1.10. The van der Waals surface area contributed by atoms with Crippen LogP contribution in [0.25, 0.3) is 4.96 Å². The number of hydrogen-bond donors (Lipinski definition) is 1. The number of ether oxygens (including phenoxy) is 1. The molecule has 9 heteroatoms. The summed E-state index contributed by atoms with van der Waals surface area (Å²) in [6.45, 7) is 4.43. The standard InChI is InChI=1S/C20H23N5O3S/c1-13-7-9-24(10-8-13)20-23-25-16(11-17(26)22-19(25)29-20)18(27)21-12-14-3-5-15(28-2)6-4-14/h3-6,11,13H,7-10,12H2,1-2H3,(H,21,27). The van der Waals surface area contributed by atoms with E-state index in [-0.39, 0.29) is 11.6 Å². The summed E-state index contributed by atoms with van der Waals surface area (Å²) >= 11 is 1.34. The molecule has 0 bridgehead atoms. The Hall–Kier alpha value is -2.94. The Morgan fingerprint density at radius 1 is 1.28 bits per heavy atom. The van der Waals surface area contributed by atoms with Crippen LogP contribution >= 0.6 is 11.3 Å². The van der Waals surface area contributed by atoms with Gasteiger partial charge in [0.25, 0.3) is 11.5 Å². The molecular weight excluding hydrogens is 390 g/mol. The predicted octanol–water partition coefficient (Wildman–Crippen LogP) is 2.33. The fourth-order valence-electron chi connectivity index (χ4n) is 3.31. The van der Waals surface area contributed by atoms with Gasteiger partial charge in [0.15, 0.2) is 0 Å². The van der Waals surface area contributed by atoms with Crippen molar-refractivity contribution >= 4 is 27.3 Å². The van der Waals surface area contributed by atoms with Crippen molar-refractivity contribution in [3.8, 4) is 5.75 Å². The molecule has 1 aliphatic rings. The van der Waals surface area contributed by atoms with Crippen molar-refractivity contribution in [2.24, 2.45) is 5.92 Å². The highest BCUT2D eigenvalue weighted by Gasteiger charge is 2.21. The van der Waals surface area contributed by atoms with Gasteiger partial charge < -0.3 is 15.0 Å². The minimum absolute atomic E-state index is 0.196. The van der Waals surface area contributed by atoms with Crippen LogP contribution in [0.3, 0.4) is 0 Å². The van der Waals surface area contributed by atoms with Gasteiger partial charge >= 0.3 is 0 Å². The third-order valence-electron chi connectivity index (χ3n) is 5.14. The number of rotatable bonds is 5. The molecule has 0 radical (unpaired) electrons. The summed E-state index contributed by atoms with van der Waals surface area (Å²) in [7, 11) is 1.61. The minimum Gasteiger partial charge on any atom is -0.497 e. The van der Waals surface area contributed by atoms with E-state index in [1.807, 2.05) is 24.3 Å². The van der Waals surface area contributed by atoms with Gasteiger partial charge in [0.1, 0.15) is 11.4 Å². The molecule has 29 heavy (non-hydrogen) atoms. The molecule has 3 heterocycles. The van der Waals surface area contributed by atoms with E-state index in [9.17, 15) is 9.59 Å². The number of aromatic nitrogens is 3. The molecule has 0 unspecified atom stereocenters. The van der Waals surface area contributed by atoms with Crippen LogP contribution in [0.5, 0.6) is 5.75 Å². The van der Waals surface area contributed by atoms with E-state index in [0.717, 1.165) is 42.4 Å². The Morgan fingerprint density at radius 2 is 2.00 bits per heavy atom. The van der Waals surface area contributed by atoms with Crippen molar-refractivity contribution in [2.75, 3.05) is 25.1 Å². The van der Waals surface area contributed by atoms with Gasteiger partial charge in [-0.1, -0.05) is 30.4 Å². The molecule has 1 fully saturated rings. The maximum absolute atomic E-state index is 12.8. The fourth-order valence-corrected chi connectivity index (χ4v) is 4.27. The summed E-state index contributed by atoms with van der Waals surface area (Å²) in [5.41, 5.74) is 0.682. The number of carbonyl (C=O) groups excluding carboxylic acids is 1. The predicted molar refractivity (Wildman–Crippen MR) is 112 cm³/mol. The summed E-state index contributed by atoms with van der Waals surface area (Å²) in [5, 5.41) is 8.22. The van der Waals surface area contributed by atoms with Gasteiger partial charge in [-0.25, -0.2) is 0 Å². The second-order valence-electron chi connectivity index (χ2n) is 7.26. The first-order valence-corrected chi connectivity index (χ1v) is 10.4. The Kier molecular flexibility index (Phi) is 5.48. The molecule has 1 amide bonds. The lowest BCUT2D eigenvalue weighted by Crippen LogP contribution is -2.32. The van der Waals surface area contributed by atoms with Crippen LogP contribution in [0.2, 0.25) is 0 Å². The number of fused-ring (bicyclic) bond motifs is 1. The van der Waals surface area contributed by atoms with E-state index in [1.54, 1.807) is 7.11 Å². The smallest absolute Gasteiger partial charge is 0.274 e. The number of carbonyl (C=O) groups is 1. The molecular formula is C20H23N5O3S. The van der Waals surface area contributed by atoms with Crippen molar-refractivity contribution in [3.63, 3.8) is 0 Å². The van der Waals surface area contributed by atoms with Crippen molar-refractivity contribution in [1.82, 2.24) is 19.9 Å². The maximum Gasteiger partial charge on any atom is 0.274 e. The topological polar surface area (TPSA) is 88.8 Å². The molecule has 1 N–H and O–H groups in total. The van der Waals surface area contributed by atoms with Gasteiger partial charge in [-0.2, -0.15) is 9.50 Å². The van der Waals surface area contributed by atoms with Crippen molar-refractivity contribution < 1.29 is 9.53 Å². The summed E-state index contributed by atoms with van der Waals surface area (Å²) in [6.07, 6.45) is 2.21. The van der Waals surface area contributed by atoms with Crippen LogP contribution in [0, 0.1) is 5.92 Å². The molecule has 4 rings (SSSR count). The van der Waals surface area contributed by atoms with E-state index in [2.05, 4.69) is 27.2 Å². The Balaban J connectivity index is 1.55. The van der Waals surface area contributed by atoms with Gasteiger partial charge in [-0.3, -0.25) is 9.59 Å². The number of nitrogens with zero attached hydrogens (tertiary/aromatic N) is 4. The van der Waals surface area contributed by atoms with Gasteiger partial charge in [0.2, 0.25) is 10.1 Å². The molecule has 0 atom stereocenters. The van der Waals surface area contributed by atoms with Crippen LogP contribution in [-0.4, -0.2) is 40.7 Å². The molecule has 152 valence electrons. The Bertz CT molecular complexity index is 1070. The van der Waals surface area contributed by atoms with Gasteiger partial charge in [0, 0.05) is 25.7 Å². The highest BCUT2D eigenvalue weighted by atomic mass is 32.1. The quantitative estimate of drug-likeness (QED) is 0.691. The van der Waals surface area contributed by atoms with E-state index in [0.29, 0.717) is 17.4 Å². The second kappa shape index (κ2) is 8.20. The number of hydrogen-bond acceptors (Lipinski definition) is 7. The van der Waals surface area contributed by atoms with Crippen LogP contribution < -0.4 is 20.5 Å². The van der Waals surface area contributed by atoms with E-state index in [1.165, 1.54) is 21.9 Å². The molecule has 2 aromatic heterocycles.